The van der Waals surface area contributed by atoms with Crippen molar-refractivity contribution >= 4 is 24.2 Å². The van der Waals surface area contributed by atoms with E-state index in [1.807, 2.05) is 0 Å². The zero-order valence-electron chi connectivity index (χ0n) is 5.24. The molecule has 0 amide bonds. The van der Waals surface area contributed by atoms with E-state index >= 15 is 0 Å². The number of rotatable bonds is 0. The van der Waals surface area contributed by atoms with Crippen LogP contribution in [0.4, 0.5) is 0 Å². The fourth-order valence-electron chi connectivity index (χ4n) is 2.03. The molecule has 3 fully saturated rings. The van der Waals surface area contributed by atoms with E-state index in [0.29, 0.717) is 0 Å². The molecule has 0 N–H and O–H groups in total. The van der Waals surface area contributed by atoms with Gasteiger partial charge in [0.1, 0.15) is 0 Å². The fourth-order valence-corrected chi connectivity index (χ4v) is 6.63. The number of fused-ring (bicyclic) bond motifs is 1. The lowest BCUT2D eigenvalue weighted by atomic mass is 10.2. The van der Waals surface area contributed by atoms with Gasteiger partial charge in [-0.2, -0.15) is 0 Å². The van der Waals surface area contributed by atoms with E-state index in [9.17, 15) is 4.79 Å². The molecule has 3 aliphatic rings. The lowest BCUT2D eigenvalue weighted by Crippen LogP contribution is -2.31. The smallest absolute Gasteiger partial charge is 0.341 e. The van der Waals surface area contributed by atoms with E-state index in [1.54, 1.807) is 0 Å². The topological polar surface area (TPSA) is 29.3 Å². The van der Waals surface area contributed by atoms with Gasteiger partial charge in [-0.1, -0.05) is 0 Å². The average molecular weight is 175 g/mol. The normalized spacial score (nSPS) is 62.0. The van der Waals surface area contributed by atoms with Crippen LogP contribution in [-0.4, -0.2) is 22.5 Å². The van der Waals surface area contributed by atoms with Crippen LogP contribution in [-0.2, 0) is 21.1 Å². The highest BCUT2D eigenvalue weighted by Crippen LogP contribution is 2.92. The minimum atomic E-state index is -1.67. The van der Waals surface area contributed by atoms with Crippen LogP contribution in [0.1, 0.15) is 12.8 Å². The van der Waals surface area contributed by atoms with E-state index < -0.39 is 6.42 Å². The van der Waals surface area contributed by atoms with Gasteiger partial charge in [-0.25, -0.2) is 9.46 Å². The summed E-state index contributed by atoms with van der Waals surface area (Å²) >= 11 is 5.20. The molecule has 3 nitrogen and oxygen atoms in total. The molecule has 0 aromatic rings. The van der Waals surface area contributed by atoms with E-state index in [2.05, 4.69) is 4.67 Å². The Morgan fingerprint density at radius 3 is 3.00 bits per heavy atom. The first-order valence-corrected chi connectivity index (χ1v) is 6.01. The highest BCUT2D eigenvalue weighted by molar-refractivity contribution is 8.17. The summed E-state index contributed by atoms with van der Waals surface area (Å²) in [5.41, 5.74) is 0. The molecule has 0 aromatic carbocycles. The average Bonchev–Trinajstić information content (AvgIpc) is 2.35. The van der Waals surface area contributed by atoms with Crippen molar-refractivity contribution in [3.05, 3.63) is 0 Å². The second-order valence-corrected chi connectivity index (χ2v) is 6.87. The molecule has 3 atom stereocenters. The molecule has 3 saturated heterocycles. The van der Waals surface area contributed by atoms with E-state index in [-0.39, 0.29) is 11.2 Å². The summed E-state index contributed by atoms with van der Waals surface area (Å²) in [6.07, 6.45) is 0.406. The second-order valence-electron chi connectivity index (χ2n) is 2.94. The molecular weight excluding hydrogens is 169 g/mol. The Labute approximate surface area is 63.5 Å². The molecule has 1 spiro atoms. The molecule has 3 rings (SSSR count). The third-order valence-corrected chi connectivity index (χ3v) is 7.31. The molecule has 0 aliphatic carbocycles. The van der Waals surface area contributed by atoms with Gasteiger partial charge in [0.25, 0.3) is 0 Å². The first-order valence-electron chi connectivity index (χ1n) is 3.34. The monoisotopic (exact) mass is 175 g/mol. The van der Waals surface area contributed by atoms with Crippen molar-refractivity contribution in [2.45, 2.75) is 18.1 Å². The standard InChI is InChI=1S/C5H6NO2PS/c7-4-5-2-1-3-6(5)9(5,10)8-4/h1-3H2/t5-,6?,9?/m1/s1. The second kappa shape index (κ2) is 1.22. The SMILES string of the molecule is O=C1OP2(=S)N3CCC[C@@]132. The zero-order chi connectivity index (χ0) is 6.98. The maximum absolute atomic E-state index is 11.0. The van der Waals surface area contributed by atoms with Crippen molar-refractivity contribution in [1.82, 2.24) is 4.67 Å². The first-order chi connectivity index (χ1) is 4.72. The molecule has 0 saturated carbocycles. The Morgan fingerprint density at radius 2 is 2.60 bits per heavy atom. The van der Waals surface area contributed by atoms with E-state index in [1.165, 1.54) is 0 Å². The Morgan fingerprint density at radius 1 is 1.80 bits per heavy atom. The number of nitrogens with zero attached hydrogens (tertiary/aromatic N) is 1. The first kappa shape index (κ1) is 5.70. The summed E-state index contributed by atoms with van der Waals surface area (Å²) in [4.78, 5) is 11.0. The van der Waals surface area contributed by atoms with Gasteiger partial charge in [-0.05, 0) is 24.6 Å². The van der Waals surface area contributed by atoms with Crippen LogP contribution in [0, 0.1) is 0 Å². The summed E-state index contributed by atoms with van der Waals surface area (Å²) in [7, 11) is 0. The lowest BCUT2D eigenvalue weighted by molar-refractivity contribution is -0.139. The number of hydrogen-bond acceptors (Lipinski definition) is 3. The van der Waals surface area contributed by atoms with Crippen LogP contribution >= 0.6 is 6.42 Å². The number of hydrogen-bond donors (Lipinski definition) is 0. The van der Waals surface area contributed by atoms with Gasteiger partial charge in [0.2, 0.25) is 11.7 Å². The zero-order valence-corrected chi connectivity index (χ0v) is 6.95. The molecule has 5 heteroatoms. The largest absolute Gasteiger partial charge is 0.419 e. The maximum atomic E-state index is 11.0. The molecular formula is C5H6NO2PS. The van der Waals surface area contributed by atoms with Gasteiger partial charge in [0, 0.05) is 6.54 Å². The molecule has 3 aliphatic heterocycles. The van der Waals surface area contributed by atoms with Crippen LogP contribution < -0.4 is 0 Å². The molecule has 10 heavy (non-hydrogen) atoms. The summed E-state index contributed by atoms with van der Waals surface area (Å²) in [5, 5.41) is -0.206. The quantitative estimate of drug-likeness (QED) is 0.399. The van der Waals surface area contributed by atoms with Crippen LogP contribution in [0.3, 0.4) is 0 Å². The maximum Gasteiger partial charge on any atom is 0.341 e. The van der Waals surface area contributed by atoms with Crippen LogP contribution in [0.2, 0.25) is 0 Å². The van der Waals surface area contributed by atoms with E-state index in [0.717, 1.165) is 19.4 Å². The van der Waals surface area contributed by atoms with Crippen molar-refractivity contribution in [3.63, 3.8) is 0 Å². The van der Waals surface area contributed by atoms with Gasteiger partial charge in [0.15, 0.2) is 0 Å². The Kier molecular flexibility index (Phi) is 0.692. The fraction of sp³-hybridized carbons (Fsp3) is 0.800. The van der Waals surface area contributed by atoms with Gasteiger partial charge in [-0.15, -0.1) is 0 Å². The summed E-state index contributed by atoms with van der Waals surface area (Å²) in [6.45, 7) is 0.989. The van der Waals surface area contributed by atoms with Gasteiger partial charge in [0.05, 0.1) is 0 Å². The molecule has 54 valence electrons. The van der Waals surface area contributed by atoms with Crippen LogP contribution in [0.5, 0.6) is 0 Å². The minimum Gasteiger partial charge on any atom is -0.419 e. The molecule has 3 heterocycles. The van der Waals surface area contributed by atoms with Crippen molar-refractivity contribution in [2.75, 3.05) is 6.54 Å². The summed E-state index contributed by atoms with van der Waals surface area (Å²) in [6, 6.07) is 0. The van der Waals surface area contributed by atoms with Crippen LogP contribution in [0.25, 0.3) is 0 Å². The van der Waals surface area contributed by atoms with Crippen LogP contribution in [0.15, 0.2) is 0 Å². The van der Waals surface area contributed by atoms with Crippen molar-refractivity contribution in [2.24, 2.45) is 0 Å². The van der Waals surface area contributed by atoms with Gasteiger partial charge in [-0.3, -0.25) is 0 Å². The lowest BCUT2D eigenvalue weighted by Gasteiger charge is -2.21. The predicted molar refractivity (Wildman–Crippen MR) is 39.0 cm³/mol. The van der Waals surface area contributed by atoms with Crippen molar-refractivity contribution in [3.8, 4) is 0 Å². The predicted octanol–water partition coefficient (Wildman–Crippen LogP) is 0.658. The Bertz CT molecular complexity index is 291. The highest BCUT2D eigenvalue weighted by atomic mass is 32.5. The summed E-state index contributed by atoms with van der Waals surface area (Å²) < 4.78 is 7.07. The third kappa shape index (κ3) is 0.295. The van der Waals surface area contributed by atoms with E-state index in [4.69, 9.17) is 16.3 Å². The number of carbonyl (C=O) groups is 1. The molecule has 0 radical (unpaired) electrons. The van der Waals surface area contributed by atoms with Gasteiger partial charge >= 0.3 is 5.97 Å². The Hall–Kier alpha value is 0.0800. The van der Waals surface area contributed by atoms with Crippen molar-refractivity contribution < 1.29 is 9.32 Å². The minimum absolute atomic E-state index is 0.0478. The summed E-state index contributed by atoms with van der Waals surface area (Å²) in [5.74, 6) is -0.0478. The number of carbonyl (C=O) groups excluding carboxylic acids is 1. The van der Waals surface area contributed by atoms with Crippen molar-refractivity contribution in [1.29, 1.82) is 0 Å². The Balaban J connectivity index is 2.17. The highest BCUT2D eigenvalue weighted by Gasteiger charge is 2.87. The molecule has 0 bridgehead atoms. The molecule has 0 aromatic heterocycles. The van der Waals surface area contributed by atoms with Gasteiger partial charge < -0.3 is 4.52 Å². The molecule has 2 unspecified atom stereocenters. The third-order valence-electron chi connectivity index (χ3n) is 2.60.